The monoisotopic (exact) mass is 200 g/mol. The Bertz CT molecular complexity index is 56.4. The topological polar surface area (TPSA) is 0 Å². The van der Waals surface area contributed by atoms with Crippen LogP contribution >= 0.6 is 0 Å². The van der Waals surface area contributed by atoms with Gasteiger partial charge >= 0.3 is 0 Å². The predicted octanol–water partition coefficient (Wildman–Crippen LogP) is 5.95. The molecule has 0 saturated carbocycles. The molecular formula is C14H32. The minimum Gasteiger partial charge on any atom is -0.0683 e. The number of rotatable bonds is 9. The summed E-state index contributed by atoms with van der Waals surface area (Å²) in [6.45, 7) is 8.56. The van der Waals surface area contributed by atoms with Crippen LogP contribution in [0.25, 0.3) is 0 Å². The van der Waals surface area contributed by atoms with E-state index in [0.717, 1.165) is 0 Å². The van der Waals surface area contributed by atoms with Crippen molar-refractivity contribution in [3.63, 3.8) is 0 Å². The van der Waals surface area contributed by atoms with E-state index in [1.165, 1.54) is 64.2 Å². The van der Waals surface area contributed by atoms with Gasteiger partial charge in [-0.05, 0) is 0 Å². The summed E-state index contributed by atoms with van der Waals surface area (Å²) in [6, 6.07) is 0. The van der Waals surface area contributed by atoms with Gasteiger partial charge in [0.25, 0.3) is 0 Å². The van der Waals surface area contributed by atoms with Crippen LogP contribution in [0.2, 0.25) is 0 Å². The second kappa shape index (κ2) is 18.7. The van der Waals surface area contributed by atoms with Crippen LogP contribution in [0.15, 0.2) is 0 Å². The Morgan fingerprint density at radius 3 is 0.857 bits per heavy atom. The van der Waals surface area contributed by atoms with Gasteiger partial charge in [0.15, 0.2) is 0 Å². The summed E-state index contributed by atoms with van der Waals surface area (Å²) in [4.78, 5) is 0. The molecular weight excluding hydrogens is 168 g/mol. The van der Waals surface area contributed by atoms with E-state index in [-0.39, 0.29) is 0 Å². The van der Waals surface area contributed by atoms with Crippen molar-refractivity contribution in [2.45, 2.75) is 91.9 Å². The second-order valence-corrected chi connectivity index (χ2v) is 3.83. The maximum atomic E-state index is 2.28. The normalized spacial score (nSPS) is 9.43. The van der Waals surface area contributed by atoms with Crippen LogP contribution in [0, 0.1) is 0 Å². The third-order valence-corrected chi connectivity index (χ3v) is 2.46. The van der Waals surface area contributed by atoms with E-state index in [9.17, 15) is 0 Å². The van der Waals surface area contributed by atoms with Gasteiger partial charge in [-0.25, -0.2) is 0 Å². The molecule has 0 unspecified atom stereocenters. The Labute approximate surface area is 92.5 Å². The standard InChI is InChI=1S/C12H26.C2H6/c1-3-5-7-9-11-12-10-8-6-4-2;1-2/h3-12H2,1-2H3;1-2H3. The highest BCUT2D eigenvalue weighted by molar-refractivity contribution is 4.45. The maximum Gasteiger partial charge on any atom is -0.0533 e. The molecule has 0 aromatic heterocycles. The van der Waals surface area contributed by atoms with Crippen molar-refractivity contribution in [3.8, 4) is 0 Å². The Hall–Kier alpha value is 0. The lowest BCUT2D eigenvalue weighted by Gasteiger charge is -1.99. The van der Waals surface area contributed by atoms with Crippen molar-refractivity contribution >= 4 is 0 Å². The molecule has 88 valence electrons. The summed E-state index contributed by atoms with van der Waals surface area (Å²) in [7, 11) is 0. The summed E-state index contributed by atoms with van der Waals surface area (Å²) in [6.07, 6.45) is 14.4. The fourth-order valence-corrected chi connectivity index (χ4v) is 1.56. The molecule has 0 saturated heterocycles. The molecule has 0 fully saturated rings. The number of unbranched alkanes of at least 4 members (excludes halogenated alkanes) is 9. The van der Waals surface area contributed by atoms with Crippen molar-refractivity contribution in [3.05, 3.63) is 0 Å². The average Bonchev–Trinajstić information content (AvgIpc) is 2.25. The molecule has 0 atom stereocenters. The maximum absolute atomic E-state index is 2.28. The first-order valence-corrected chi connectivity index (χ1v) is 6.91. The lowest BCUT2D eigenvalue weighted by atomic mass is 10.1. The summed E-state index contributed by atoms with van der Waals surface area (Å²) < 4.78 is 0. The average molecular weight is 200 g/mol. The zero-order chi connectivity index (χ0) is 11.1. The molecule has 0 nitrogen and oxygen atoms in total. The largest absolute Gasteiger partial charge is 0.0683 e. The van der Waals surface area contributed by atoms with E-state index in [1.807, 2.05) is 13.8 Å². The van der Waals surface area contributed by atoms with Gasteiger partial charge in [-0.1, -0.05) is 91.9 Å². The van der Waals surface area contributed by atoms with Crippen molar-refractivity contribution < 1.29 is 0 Å². The van der Waals surface area contributed by atoms with E-state index < -0.39 is 0 Å². The SMILES string of the molecule is CC.CCCCCCCCCCCC. The molecule has 14 heavy (non-hydrogen) atoms. The van der Waals surface area contributed by atoms with Crippen molar-refractivity contribution in [2.75, 3.05) is 0 Å². The van der Waals surface area contributed by atoms with Crippen molar-refractivity contribution in [2.24, 2.45) is 0 Å². The van der Waals surface area contributed by atoms with Crippen molar-refractivity contribution in [1.29, 1.82) is 0 Å². The molecule has 0 spiro atoms. The molecule has 0 bridgehead atoms. The highest BCUT2D eigenvalue weighted by atomic mass is 14.0. The molecule has 0 aromatic rings. The Morgan fingerprint density at radius 2 is 0.643 bits per heavy atom. The number of hydrogen-bond acceptors (Lipinski definition) is 0. The third-order valence-electron chi connectivity index (χ3n) is 2.46. The zero-order valence-electron chi connectivity index (χ0n) is 11.1. The molecule has 0 N–H and O–H groups in total. The summed E-state index contributed by atoms with van der Waals surface area (Å²) in [5.41, 5.74) is 0. The Morgan fingerprint density at radius 1 is 0.429 bits per heavy atom. The van der Waals surface area contributed by atoms with Gasteiger partial charge in [-0.3, -0.25) is 0 Å². The molecule has 0 radical (unpaired) electrons. The van der Waals surface area contributed by atoms with E-state index in [0.29, 0.717) is 0 Å². The molecule has 0 aromatic carbocycles. The lowest BCUT2D eigenvalue weighted by molar-refractivity contribution is 0.562. The molecule has 0 amide bonds. The first-order valence-electron chi connectivity index (χ1n) is 6.91. The van der Waals surface area contributed by atoms with E-state index in [4.69, 9.17) is 0 Å². The minimum absolute atomic E-state index is 1.37. The van der Waals surface area contributed by atoms with Gasteiger partial charge < -0.3 is 0 Å². The fourth-order valence-electron chi connectivity index (χ4n) is 1.56. The first-order chi connectivity index (χ1) is 6.91. The van der Waals surface area contributed by atoms with Gasteiger partial charge in [0.05, 0.1) is 0 Å². The van der Waals surface area contributed by atoms with Gasteiger partial charge in [0.2, 0.25) is 0 Å². The Kier molecular flexibility index (Phi) is 22.0. The Balaban J connectivity index is 0. The van der Waals surface area contributed by atoms with Crippen molar-refractivity contribution in [1.82, 2.24) is 0 Å². The van der Waals surface area contributed by atoms with Crippen LogP contribution in [0.5, 0.6) is 0 Å². The highest BCUT2D eigenvalue weighted by Gasteiger charge is 1.90. The molecule has 0 heteroatoms. The second-order valence-electron chi connectivity index (χ2n) is 3.83. The minimum atomic E-state index is 1.37. The quantitative estimate of drug-likeness (QED) is 0.403. The zero-order valence-corrected chi connectivity index (χ0v) is 11.1. The molecule has 0 aliphatic heterocycles. The van der Waals surface area contributed by atoms with E-state index in [1.54, 1.807) is 0 Å². The predicted molar refractivity (Wildman–Crippen MR) is 68.9 cm³/mol. The van der Waals surface area contributed by atoms with Crippen LogP contribution < -0.4 is 0 Å². The highest BCUT2D eigenvalue weighted by Crippen LogP contribution is 2.09. The van der Waals surface area contributed by atoms with Crippen LogP contribution in [0.1, 0.15) is 91.9 Å². The smallest absolute Gasteiger partial charge is 0.0533 e. The first kappa shape index (κ1) is 16.4. The summed E-state index contributed by atoms with van der Waals surface area (Å²) in [5.74, 6) is 0. The third kappa shape index (κ3) is 17.9. The van der Waals surface area contributed by atoms with Crippen LogP contribution in [-0.2, 0) is 0 Å². The van der Waals surface area contributed by atoms with Gasteiger partial charge in [-0.15, -0.1) is 0 Å². The summed E-state index contributed by atoms with van der Waals surface area (Å²) in [5, 5.41) is 0. The van der Waals surface area contributed by atoms with Gasteiger partial charge in [0.1, 0.15) is 0 Å². The fraction of sp³-hybridized carbons (Fsp3) is 1.00. The van der Waals surface area contributed by atoms with Gasteiger partial charge in [-0.2, -0.15) is 0 Å². The lowest BCUT2D eigenvalue weighted by Crippen LogP contribution is -1.80. The van der Waals surface area contributed by atoms with Gasteiger partial charge in [0, 0.05) is 0 Å². The number of hydrogen-bond donors (Lipinski definition) is 0. The molecule has 0 heterocycles. The van der Waals surface area contributed by atoms with Crippen LogP contribution in [0.4, 0.5) is 0 Å². The molecule has 0 aliphatic carbocycles. The molecule has 0 rings (SSSR count). The van der Waals surface area contributed by atoms with Crippen LogP contribution in [0.3, 0.4) is 0 Å². The van der Waals surface area contributed by atoms with E-state index >= 15 is 0 Å². The van der Waals surface area contributed by atoms with Crippen LogP contribution in [-0.4, -0.2) is 0 Å². The van der Waals surface area contributed by atoms with E-state index in [2.05, 4.69) is 13.8 Å². The molecule has 0 aliphatic rings. The summed E-state index contributed by atoms with van der Waals surface area (Å²) >= 11 is 0.